The van der Waals surface area contributed by atoms with Crippen molar-refractivity contribution in [3.8, 4) is 5.75 Å². The minimum atomic E-state index is -0.102. The fourth-order valence-electron chi connectivity index (χ4n) is 2.80. The Kier molecular flexibility index (Phi) is 5.33. The molecule has 2 aromatic carbocycles. The summed E-state index contributed by atoms with van der Waals surface area (Å²) in [5.74, 6) is 0.503. The second-order valence-corrected chi connectivity index (χ2v) is 6.10. The van der Waals surface area contributed by atoms with Gasteiger partial charge in [0.05, 0.1) is 0 Å². The van der Waals surface area contributed by atoms with Crippen molar-refractivity contribution in [1.29, 1.82) is 0 Å². The second-order valence-electron chi connectivity index (χ2n) is 6.10. The van der Waals surface area contributed by atoms with Gasteiger partial charge in [-0.3, -0.25) is 9.59 Å². The highest BCUT2D eigenvalue weighted by atomic mass is 16.5. The summed E-state index contributed by atoms with van der Waals surface area (Å²) in [5, 5.41) is 2.87. The van der Waals surface area contributed by atoms with Crippen LogP contribution in [-0.4, -0.2) is 29.9 Å². The minimum Gasteiger partial charge on any atom is -0.483 e. The number of ether oxygens (including phenoxy) is 1. The first-order chi connectivity index (χ1) is 12.2. The van der Waals surface area contributed by atoms with Crippen molar-refractivity contribution >= 4 is 11.8 Å². The molecule has 1 N–H and O–H groups in total. The van der Waals surface area contributed by atoms with Crippen LogP contribution in [0.15, 0.2) is 48.5 Å². The molecular weight excluding hydrogens is 316 g/mol. The molecule has 0 spiro atoms. The first-order valence-electron chi connectivity index (χ1n) is 8.53. The number of rotatable bonds is 5. The number of benzene rings is 2. The summed E-state index contributed by atoms with van der Waals surface area (Å²) in [5.41, 5.74) is 2.51. The van der Waals surface area contributed by atoms with Gasteiger partial charge < -0.3 is 15.0 Å². The number of hydrogen-bond donors (Lipinski definition) is 1. The van der Waals surface area contributed by atoms with E-state index in [4.69, 9.17) is 4.74 Å². The lowest BCUT2D eigenvalue weighted by atomic mass is 10.1. The van der Waals surface area contributed by atoms with Gasteiger partial charge in [0.1, 0.15) is 5.75 Å². The SMILES string of the molecule is CCCNC(=O)c1ccc2c(c1)CN(Cc1ccccc1)C(=O)CO2. The second kappa shape index (κ2) is 7.83. The van der Waals surface area contributed by atoms with Crippen LogP contribution in [0.5, 0.6) is 5.75 Å². The molecule has 0 unspecified atom stereocenters. The molecule has 2 amide bonds. The van der Waals surface area contributed by atoms with Gasteiger partial charge in [0, 0.05) is 30.8 Å². The zero-order chi connectivity index (χ0) is 17.6. The van der Waals surface area contributed by atoms with Crippen molar-refractivity contribution in [1.82, 2.24) is 10.2 Å². The lowest BCUT2D eigenvalue weighted by molar-refractivity contribution is -0.133. The van der Waals surface area contributed by atoms with Crippen LogP contribution >= 0.6 is 0 Å². The van der Waals surface area contributed by atoms with Crippen molar-refractivity contribution in [3.63, 3.8) is 0 Å². The molecule has 1 aliphatic rings. The third kappa shape index (κ3) is 4.18. The van der Waals surface area contributed by atoms with E-state index in [1.54, 1.807) is 17.0 Å². The number of nitrogens with zero attached hydrogens (tertiary/aromatic N) is 1. The van der Waals surface area contributed by atoms with E-state index < -0.39 is 0 Å². The topological polar surface area (TPSA) is 58.6 Å². The van der Waals surface area contributed by atoms with Crippen LogP contribution in [0.3, 0.4) is 0 Å². The van der Waals surface area contributed by atoms with Crippen LogP contribution in [0.25, 0.3) is 0 Å². The first kappa shape index (κ1) is 17.0. The predicted molar refractivity (Wildman–Crippen MR) is 95.3 cm³/mol. The summed E-state index contributed by atoms with van der Waals surface area (Å²) in [7, 11) is 0. The van der Waals surface area contributed by atoms with E-state index in [9.17, 15) is 9.59 Å². The van der Waals surface area contributed by atoms with Crippen LogP contribution in [-0.2, 0) is 17.9 Å². The van der Waals surface area contributed by atoms with E-state index in [0.717, 1.165) is 17.5 Å². The molecule has 0 fully saturated rings. The molecule has 5 nitrogen and oxygen atoms in total. The molecule has 130 valence electrons. The number of carbonyl (C=O) groups excluding carboxylic acids is 2. The van der Waals surface area contributed by atoms with Gasteiger partial charge in [-0.2, -0.15) is 0 Å². The Morgan fingerprint density at radius 2 is 2.00 bits per heavy atom. The number of hydrogen-bond acceptors (Lipinski definition) is 3. The van der Waals surface area contributed by atoms with Crippen molar-refractivity contribution < 1.29 is 14.3 Å². The minimum absolute atomic E-state index is 0.0151. The molecule has 0 saturated heterocycles. The summed E-state index contributed by atoms with van der Waals surface area (Å²) in [6.07, 6.45) is 0.888. The monoisotopic (exact) mass is 338 g/mol. The van der Waals surface area contributed by atoms with E-state index >= 15 is 0 Å². The zero-order valence-electron chi connectivity index (χ0n) is 14.3. The fraction of sp³-hybridized carbons (Fsp3) is 0.300. The van der Waals surface area contributed by atoms with E-state index in [1.807, 2.05) is 43.3 Å². The molecule has 5 heteroatoms. The number of fused-ring (bicyclic) bond motifs is 1. The van der Waals surface area contributed by atoms with Crippen LogP contribution in [0.4, 0.5) is 0 Å². The smallest absolute Gasteiger partial charge is 0.261 e. The predicted octanol–water partition coefficient (Wildman–Crippen LogP) is 2.75. The van der Waals surface area contributed by atoms with Crippen molar-refractivity contribution in [2.45, 2.75) is 26.4 Å². The highest BCUT2D eigenvalue weighted by Crippen LogP contribution is 2.25. The third-order valence-corrected chi connectivity index (χ3v) is 4.14. The number of carbonyl (C=O) groups is 2. The average molecular weight is 338 g/mol. The Hall–Kier alpha value is -2.82. The van der Waals surface area contributed by atoms with Gasteiger partial charge in [0.2, 0.25) is 0 Å². The molecule has 25 heavy (non-hydrogen) atoms. The third-order valence-electron chi connectivity index (χ3n) is 4.14. The zero-order valence-corrected chi connectivity index (χ0v) is 14.3. The number of nitrogens with one attached hydrogen (secondary N) is 1. The summed E-state index contributed by atoms with van der Waals surface area (Å²) >= 11 is 0. The van der Waals surface area contributed by atoms with E-state index in [1.165, 1.54) is 0 Å². The normalized spacial score (nSPS) is 13.6. The van der Waals surface area contributed by atoms with Crippen LogP contribution in [0.2, 0.25) is 0 Å². The summed E-state index contributed by atoms with van der Waals surface area (Å²) in [6.45, 7) is 3.62. The maximum atomic E-state index is 12.4. The molecule has 0 radical (unpaired) electrons. The molecule has 0 bridgehead atoms. The fourth-order valence-corrected chi connectivity index (χ4v) is 2.80. The molecule has 0 atom stereocenters. The molecular formula is C20H22N2O3. The van der Waals surface area contributed by atoms with Crippen molar-refractivity contribution in [2.75, 3.05) is 13.2 Å². The van der Waals surface area contributed by atoms with Gasteiger partial charge >= 0.3 is 0 Å². The molecule has 0 aromatic heterocycles. The molecule has 0 saturated carbocycles. The molecule has 1 heterocycles. The maximum Gasteiger partial charge on any atom is 0.261 e. The van der Waals surface area contributed by atoms with Gasteiger partial charge in [-0.15, -0.1) is 0 Å². The Balaban J connectivity index is 1.80. The van der Waals surface area contributed by atoms with Gasteiger partial charge in [-0.05, 0) is 30.2 Å². The van der Waals surface area contributed by atoms with Gasteiger partial charge in [0.25, 0.3) is 11.8 Å². The molecule has 0 aliphatic carbocycles. The molecule has 3 rings (SSSR count). The summed E-state index contributed by atoms with van der Waals surface area (Å²) < 4.78 is 5.62. The highest BCUT2D eigenvalue weighted by Gasteiger charge is 2.22. The van der Waals surface area contributed by atoms with Gasteiger partial charge in [0.15, 0.2) is 6.61 Å². The molecule has 1 aliphatic heterocycles. The van der Waals surface area contributed by atoms with Crippen LogP contribution < -0.4 is 10.1 Å². The Morgan fingerprint density at radius 1 is 1.20 bits per heavy atom. The summed E-state index contributed by atoms with van der Waals surface area (Å²) in [6, 6.07) is 15.2. The highest BCUT2D eigenvalue weighted by molar-refractivity contribution is 5.94. The van der Waals surface area contributed by atoms with Crippen molar-refractivity contribution in [2.24, 2.45) is 0 Å². The van der Waals surface area contributed by atoms with E-state index in [-0.39, 0.29) is 18.4 Å². The van der Waals surface area contributed by atoms with Crippen molar-refractivity contribution in [3.05, 3.63) is 65.2 Å². The maximum absolute atomic E-state index is 12.4. The molecule has 2 aromatic rings. The standard InChI is InChI=1S/C20H22N2O3/c1-2-10-21-20(24)16-8-9-18-17(11-16)13-22(19(23)14-25-18)12-15-6-4-3-5-7-15/h3-9,11H,2,10,12-14H2,1H3,(H,21,24). The lowest BCUT2D eigenvalue weighted by Crippen LogP contribution is -2.31. The van der Waals surface area contributed by atoms with E-state index in [0.29, 0.717) is 30.9 Å². The first-order valence-corrected chi connectivity index (χ1v) is 8.53. The Bertz CT molecular complexity index is 759. The largest absolute Gasteiger partial charge is 0.483 e. The quantitative estimate of drug-likeness (QED) is 0.912. The lowest BCUT2D eigenvalue weighted by Gasteiger charge is -2.20. The Labute approximate surface area is 147 Å². The average Bonchev–Trinajstić information content (AvgIpc) is 2.79. The van der Waals surface area contributed by atoms with E-state index in [2.05, 4.69) is 5.32 Å². The summed E-state index contributed by atoms with van der Waals surface area (Å²) in [4.78, 5) is 26.3. The van der Waals surface area contributed by atoms with Gasteiger partial charge in [-0.1, -0.05) is 37.3 Å². The van der Waals surface area contributed by atoms with Crippen LogP contribution in [0, 0.1) is 0 Å². The van der Waals surface area contributed by atoms with Gasteiger partial charge in [-0.25, -0.2) is 0 Å². The Morgan fingerprint density at radius 3 is 2.76 bits per heavy atom. The number of amides is 2. The van der Waals surface area contributed by atoms with Crippen LogP contribution in [0.1, 0.15) is 34.8 Å².